The van der Waals surface area contributed by atoms with Gasteiger partial charge >= 0.3 is 0 Å². The number of hydrogen-bond donors (Lipinski definition) is 0. The highest BCUT2D eigenvalue weighted by Gasteiger charge is 2.24. The Morgan fingerprint density at radius 1 is 1.08 bits per heavy atom. The Kier molecular flexibility index (Phi) is 4.62. The quantitative estimate of drug-likeness (QED) is 0.720. The highest BCUT2D eigenvalue weighted by atomic mass is 16.2. The van der Waals surface area contributed by atoms with Crippen LogP contribution in [0.5, 0.6) is 0 Å². The lowest BCUT2D eigenvalue weighted by atomic mass is 10.2. The van der Waals surface area contributed by atoms with Crippen LogP contribution in [0, 0.1) is 6.92 Å². The molecule has 2 aromatic heterocycles. The van der Waals surface area contributed by atoms with Gasteiger partial charge in [-0.1, -0.05) is 30.3 Å². The van der Waals surface area contributed by atoms with E-state index in [-0.39, 0.29) is 11.7 Å². The largest absolute Gasteiger partial charge is 0.335 e. The SMILES string of the molecule is Cc1ccnc2nc(C(=O)N3CCCN(Cc4ccccc4)CC3)nn12. The number of amides is 1. The van der Waals surface area contributed by atoms with Crippen LogP contribution in [0.25, 0.3) is 5.78 Å². The van der Waals surface area contributed by atoms with Gasteiger partial charge in [0.15, 0.2) is 0 Å². The van der Waals surface area contributed by atoms with Crippen LogP contribution >= 0.6 is 0 Å². The first-order valence-electron chi connectivity index (χ1n) is 8.94. The fourth-order valence-electron chi connectivity index (χ4n) is 3.31. The van der Waals surface area contributed by atoms with Crippen LogP contribution in [-0.4, -0.2) is 61.5 Å². The molecule has 0 unspecified atom stereocenters. The Labute approximate surface area is 152 Å². The summed E-state index contributed by atoms with van der Waals surface area (Å²) in [5, 5.41) is 4.34. The monoisotopic (exact) mass is 350 g/mol. The molecular weight excluding hydrogens is 328 g/mol. The van der Waals surface area contributed by atoms with Crippen LogP contribution < -0.4 is 0 Å². The lowest BCUT2D eigenvalue weighted by molar-refractivity contribution is 0.0749. The molecule has 134 valence electrons. The van der Waals surface area contributed by atoms with Gasteiger partial charge in [-0.05, 0) is 25.0 Å². The van der Waals surface area contributed by atoms with Gasteiger partial charge in [0.05, 0.1) is 0 Å². The number of aromatic nitrogens is 4. The summed E-state index contributed by atoms with van der Waals surface area (Å²) >= 11 is 0. The molecule has 1 aliphatic heterocycles. The highest BCUT2D eigenvalue weighted by molar-refractivity contribution is 5.90. The standard InChI is InChI=1S/C19H22N6O/c1-15-8-9-20-19-21-17(22-25(15)19)18(26)24-11-5-10-23(12-13-24)14-16-6-3-2-4-7-16/h2-4,6-9H,5,10-14H2,1H3. The molecule has 3 aromatic rings. The van der Waals surface area contributed by atoms with E-state index >= 15 is 0 Å². The third kappa shape index (κ3) is 3.43. The van der Waals surface area contributed by atoms with Gasteiger partial charge in [0.2, 0.25) is 5.82 Å². The summed E-state index contributed by atoms with van der Waals surface area (Å²) in [5.41, 5.74) is 2.21. The number of nitrogens with zero attached hydrogens (tertiary/aromatic N) is 6. The number of hydrogen-bond acceptors (Lipinski definition) is 5. The molecule has 1 aromatic carbocycles. The zero-order chi connectivity index (χ0) is 17.9. The molecule has 7 nitrogen and oxygen atoms in total. The molecule has 0 N–H and O–H groups in total. The second-order valence-electron chi connectivity index (χ2n) is 6.64. The molecule has 4 rings (SSSR count). The van der Waals surface area contributed by atoms with Gasteiger partial charge in [-0.2, -0.15) is 4.98 Å². The molecular formula is C19H22N6O. The van der Waals surface area contributed by atoms with E-state index in [0.717, 1.165) is 38.3 Å². The van der Waals surface area contributed by atoms with Crippen molar-refractivity contribution in [2.75, 3.05) is 26.2 Å². The van der Waals surface area contributed by atoms with E-state index < -0.39 is 0 Å². The van der Waals surface area contributed by atoms with Crippen LogP contribution in [0.15, 0.2) is 42.6 Å². The van der Waals surface area contributed by atoms with Crippen LogP contribution in [-0.2, 0) is 6.54 Å². The van der Waals surface area contributed by atoms with Crippen molar-refractivity contribution in [3.05, 3.63) is 59.7 Å². The van der Waals surface area contributed by atoms with E-state index in [2.05, 4.69) is 44.2 Å². The summed E-state index contributed by atoms with van der Waals surface area (Å²) in [6.45, 7) is 6.09. The fourth-order valence-corrected chi connectivity index (χ4v) is 3.31. The van der Waals surface area contributed by atoms with Gasteiger partial charge in [-0.15, -0.1) is 5.10 Å². The normalized spacial score (nSPS) is 16.0. The summed E-state index contributed by atoms with van der Waals surface area (Å²) < 4.78 is 1.62. The van der Waals surface area contributed by atoms with E-state index in [0.29, 0.717) is 12.3 Å². The number of aryl methyl sites for hydroxylation is 1. The van der Waals surface area contributed by atoms with E-state index in [4.69, 9.17) is 0 Å². The summed E-state index contributed by atoms with van der Waals surface area (Å²) in [5.74, 6) is 0.577. The summed E-state index contributed by atoms with van der Waals surface area (Å²) in [4.78, 5) is 25.6. The molecule has 3 heterocycles. The molecule has 0 spiro atoms. The Bertz CT molecular complexity index is 907. The highest BCUT2D eigenvalue weighted by Crippen LogP contribution is 2.11. The Morgan fingerprint density at radius 3 is 2.73 bits per heavy atom. The number of carbonyl (C=O) groups excluding carboxylic acids is 1. The number of rotatable bonds is 3. The van der Waals surface area contributed by atoms with Gasteiger partial charge < -0.3 is 4.90 Å². The van der Waals surface area contributed by atoms with Gasteiger partial charge in [0, 0.05) is 44.6 Å². The molecule has 0 radical (unpaired) electrons. The number of benzene rings is 1. The molecule has 0 bridgehead atoms. The summed E-state index contributed by atoms with van der Waals surface area (Å²) in [6.07, 6.45) is 2.63. The molecule has 0 saturated carbocycles. The van der Waals surface area contributed by atoms with E-state index in [1.54, 1.807) is 10.7 Å². The van der Waals surface area contributed by atoms with Crippen molar-refractivity contribution in [3.8, 4) is 0 Å². The third-order valence-electron chi connectivity index (χ3n) is 4.75. The molecule has 1 saturated heterocycles. The average Bonchev–Trinajstić information content (AvgIpc) is 2.97. The van der Waals surface area contributed by atoms with E-state index in [9.17, 15) is 4.79 Å². The molecule has 26 heavy (non-hydrogen) atoms. The average molecular weight is 350 g/mol. The summed E-state index contributed by atoms with van der Waals surface area (Å²) in [7, 11) is 0. The van der Waals surface area contributed by atoms with Crippen molar-refractivity contribution < 1.29 is 4.79 Å². The van der Waals surface area contributed by atoms with E-state index in [1.165, 1.54) is 5.56 Å². The minimum Gasteiger partial charge on any atom is -0.335 e. The van der Waals surface area contributed by atoms with Crippen molar-refractivity contribution in [1.29, 1.82) is 0 Å². The lowest BCUT2D eigenvalue weighted by Crippen LogP contribution is -2.35. The van der Waals surface area contributed by atoms with Crippen molar-refractivity contribution in [1.82, 2.24) is 29.4 Å². The predicted molar refractivity (Wildman–Crippen MR) is 97.8 cm³/mol. The van der Waals surface area contributed by atoms with Crippen molar-refractivity contribution in [2.24, 2.45) is 0 Å². The minimum atomic E-state index is -0.114. The van der Waals surface area contributed by atoms with Gasteiger partial charge in [0.25, 0.3) is 11.7 Å². The smallest absolute Gasteiger partial charge is 0.293 e. The molecule has 7 heteroatoms. The number of fused-ring (bicyclic) bond motifs is 1. The second-order valence-corrected chi connectivity index (χ2v) is 6.64. The van der Waals surface area contributed by atoms with Crippen molar-refractivity contribution in [2.45, 2.75) is 19.9 Å². The van der Waals surface area contributed by atoms with Crippen molar-refractivity contribution in [3.63, 3.8) is 0 Å². The first-order chi connectivity index (χ1) is 12.7. The van der Waals surface area contributed by atoms with Crippen molar-refractivity contribution >= 4 is 11.7 Å². The second kappa shape index (κ2) is 7.21. The maximum Gasteiger partial charge on any atom is 0.293 e. The van der Waals surface area contributed by atoms with Crippen LogP contribution in [0.4, 0.5) is 0 Å². The first kappa shape index (κ1) is 16.7. The summed E-state index contributed by atoms with van der Waals surface area (Å²) in [6, 6.07) is 12.3. The van der Waals surface area contributed by atoms with Gasteiger partial charge in [-0.25, -0.2) is 9.50 Å². The zero-order valence-corrected chi connectivity index (χ0v) is 14.9. The van der Waals surface area contributed by atoms with Gasteiger partial charge in [0.1, 0.15) is 0 Å². The zero-order valence-electron chi connectivity index (χ0n) is 14.9. The maximum atomic E-state index is 12.8. The third-order valence-corrected chi connectivity index (χ3v) is 4.75. The Hall–Kier alpha value is -2.80. The Morgan fingerprint density at radius 2 is 1.92 bits per heavy atom. The topological polar surface area (TPSA) is 66.6 Å². The predicted octanol–water partition coefficient (Wildman–Crippen LogP) is 1.78. The lowest BCUT2D eigenvalue weighted by Gasteiger charge is -2.21. The fraction of sp³-hybridized carbons (Fsp3) is 0.368. The molecule has 1 amide bonds. The molecule has 1 fully saturated rings. The minimum absolute atomic E-state index is 0.114. The number of carbonyl (C=O) groups is 1. The van der Waals surface area contributed by atoms with Crippen LogP contribution in [0.3, 0.4) is 0 Å². The van der Waals surface area contributed by atoms with E-state index in [1.807, 2.05) is 24.0 Å². The van der Waals surface area contributed by atoms with Crippen LogP contribution in [0.2, 0.25) is 0 Å². The maximum absolute atomic E-state index is 12.8. The first-order valence-corrected chi connectivity index (χ1v) is 8.94. The van der Waals surface area contributed by atoms with Gasteiger partial charge in [-0.3, -0.25) is 9.69 Å². The molecule has 0 aliphatic carbocycles. The molecule has 0 atom stereocenters. The van der Waals surface area contributed by atoms with Crippen LogP contribution in [0.1, 0.15) is 28.3 Å². The molecule has 1 aliphatic rings. The Balaban J connectivity index is 1.44.